The Morgan fingerprint density at radius 2 is 1.60 bits per heavy atom. The summed E-state index contributed by atoms with van der Waals surface area (Å²) in [6, 6.07) is 7.07. The van der Waals surface area contributed by atoms with Gasteiger partial charge in [0.15, 0.2) is 5.78 Å². The van der Waals surface area contributed by atoms with Crippen LogP contribution in [0.1, 0.15) is 30.0 Å². The Labute approximate surface area is 117 Å². The lowest BCUT2D eigenvalue weighted by molar-refractivity contribution is -0.110. The van der Waals surface area contributed by atoms with Crippen molar-refractivity contribution in [1.82, 2.24) is 0 Å². The minimum absolute atomic E-state index is 0.153. The molecular formula is C16H16O4. The first kappa shape index (κ1) is 14.1. The third-order valence-corrected chi connectivity index (χ3v) is 2.69. The highest BCUT2D eigenvalue weighted by molar-refractivity contribution is 6.04. The van der Waals surface area contributed by atoms with Crippen molar-refractivity contribution in [3.63, 3.8) is 0 Å². The lowest BCUT2D eigenvalue weighted by Gasteiger charge is -1.88. The summed E-state index contributed by atoms with van der Waals surface area (Å²) in [5.74, 6) is 2.38. The van der Waals surface area contributed by atoms with E-state index in [0.29, 0.717) is 17.3 Å². The quantitative estimate of drug-likeness (QED) is 0.820. The van der Waals surface area contributed by atoms with Crippen molar-refractivity contribution in [2.24, 2.45) is 0 Å². The largest absolute Gasteiger partial charge is 0.462 e. The van der Waals surface area contributed by atoms with Crippen LogP contribution in [-0.2, 0) is 17.8 Å². The van der Waals surface area contributed by atoms with Crippen LogP contribution in [0.5, 0.6) is 0 Å². The smallest absolute Gasteiger partial charge is 0.178 e. The van der Waals surface area contributed by atoms with Crippen LogP contribution in [-0.4, -0.2) is 10.9 Å². The van der Waals surface area contributed by atoms with E-state index in [2.05, 4.69) is 0 Å². The van der Waals surface area contributed by atoms with E-state index in [1.165, 1.54) is 12.2 Å². The molecule has 2 aromatic rings. The molecule has 0 saturated carbocycles. The zero-order chi connectivity index (χ0) is 14.4. The van der Waals surface area contributed by atoms with Gasteiger partial charge in [0, 0.05) is 6.42 Å². The molecular weight excluding hydrogens is 256 g/mol. The summed E-state index contributed by atoms with van der Waals surface area (Å²) < 4.78 is 10.7. The molecule has 104 valence electrons. The number of rotatable bonds is 6. The fraction of sp³-hybridized carbons (Fsp3) is 0.188. The SMILES string of the molecule is CCc1ccc(/C=C/C(=O)/C=C/c2ccc(CO)o2)o1. The number of aryl methyl sites for hydroxylation is 1. The molecule has 4 heteroatoms. The molecule has 0 saturated heterocycles. The highest BCUT2D eigenvalue weighted by Gasteiger charge is 1.99. The Kier molecular flexibility index (Phi) is 4.74. The van der Waals surface area contributed by atoms with Gasteiger partial charge >= 0.3 is 0 Å². The maximum Gasteiger partial charge on any atom is 0.178 e. The Hall–Kier alpha value is -2.33. The van der Waals surface area contributed by atoms with E-state index in [-0.39, 0.29) is 12.4 Å². The lowest BCUT2D eigenvalue weighted by Crippen LogP contribution is -1.83. The first-order valence-corrected chi connectivity index (χ1v) is 6.39. The molecule has 2 aromatic heterocycles. The van der Waals surface area contributed by atoms with Crippen molar-refractivity contribution in [2.45, 2.75) is 20.0 Å². The first-order chi connectivity index (χ1) is 9.71. The number of ketones is 1. The Balaban J connectivity index is 1.94. The summed E-state index contributed by atoms with van der Waals surface area (Å²) in [5, 5.41) is 8.85. The van der Waals surface area contributed by atoms with Gasteiger partial charge in [-0.1, -0.05) is 6.92 Å². The minimum Gasteiger partial charge on any atom is -0.462 e. The maximum absolute atomic E-state index is 11.6. The van der Waals surface area contributed by atoms with E-state index >= 15 is 0 Å². The van der Waals surface area contributed by atoms with Gasteiger partial charge < -0.3 is 13.9 Å². The van der Waals surface area contributed by atoms with Crippen LogP contribution in [0.25, 0.3) is 12.2 Å². The van der Waals surface area contributed by atoms with Gasteiger partial charge in [0.1, 0.15) is 29.6 Å². The fourth-order valence-electron chi connectivity index (χ4n) is 1.63. The topological polar surface area (TPSA) is 63.6 Å². The van der Waals surface area contributed by atoms with Gasteiger partial charge in [-0.3, -0.25) is 4.79 Å². The Morgan fingerprint density at radius 3 is 2.05 bits per heavy atom. The van der Waals surface area contributed by atoms with Crippen LogP contribution in [0.15, 0.2) is 45.3 Å². The zero-order valence-corrected chi connectivity index (χ0v) is 11.2. The van der Waals surface area contributed by atoms with Crippen LogP contribution in [0, 0.1) is 0 Å². The normalized spacial score (nSPS) is 11.7. The molecule has 1 N–H and O–H groups in total. The van der Waals surface area contributed by atoms with Crippen molar-refractivity contribution < 1.29 is 18.7 Å². The van der Waals surface area contributed by atoms with Crippen molar-refractivity contribution >= 4 is 17.9 Å². The van der Waals surface area contributed by atoms with Crippen LogP contribution in [0.3, 0.4) is 0 Å². The van der Waals surface area contributed by atoms with Crippen molar-refractivity contribution in [3.8, 4) is 0 Å². The number of carbonyl (C=O) groups is 1. The number of hydrogen-bond donors (Lipinski definition) is 1. The van der Waals surface area contributed by atoms with Crippen LogP contribution in [0.2, 0.25) is 0 Å². The minimum atomic E-state index is -0.165. The van der Waals surface area contributed by atoms with E-state index < -0.39 is 0 Å². The first-order valence-electron chi connectivity index (χ1n) is 6.39. The Morgan fingerprint density at radius 1 is 1.05 bits per heavy atom. The number of carbonyl (C=O) groups excluding carboxylic acids is 1. The number of allylic oxidation sites excluding steroid dienone is 2. The van der Waals surface area contributed by atoms with Gasteiger partial charge in [-0.05, 0) is 48.6 Å². The number of aliphatic hydroxyl groups is 1. The molecule has 0 aliphatic rings. The van der Waals surface area contributed by atoms with E-state index in [0.717, 1.165) is 12.2 Å². The highest BCUT2D eigenvalue weighted by atomic mass is 16.4. The molecule has 0 atom stereocenters. The lowest BCUT2D eigenvalue weighted by atomic mass is 10.3. The van der Waals surface area contributed by atoms with E-state index in [4.69, 9.17) is 13.9 Å². The number of furan rings is 2. The number of aliphatic hydroxyl groups excluding tert-OH is 1. The maximum atomic E-state index is 11.6. The third-order valence-electron chi connectivity index (χ3n) is 2.69. The number of hydrogen-bond acceptors (Lipinski definition) is 4. The standard InChI is InChI=1S/C16H16O4/c1-2-13-7-8-14(19-13)5-3-12(18)4-6-15-9-10-16(11-17)20-15/h3-10,17H,2,11H2,1H3/b5-3+,6-4+. The average Bonchev–Trinajstić information content (AvgIpc) is 3.11. The van der Waals surface area contributed by atoms with Gasteiger partial charge in [0.25, 0.3) is 0 Å². The summed E-state index contributed by atoms with van der Waals surface area (Å²) in [7, 11) is 0. The van der Waals surface area contributed by atoms with E-state index in [1.807, 2.05) is 19.1 Å². The van der Waals surface area contributed by atoms with Gasteiger partial charge in [-0.25, -0.2) is 0 Å². The van der Waals surface area contributed by atoms with Gasteiger partial charge in [0.2, 0.25) is 0 Å². The summed E-state index contributed by atoms with van der Waals surface area (Å²) in [6.45, 7) is 1.85. The summed E-state index contributed by atoms with van der Waals surface area (Å²) in [4.78, 5) is 11.6. The molecule has 2 rings (SSSR count). The van der Waals surface area contributed by atoms with Crippen LogP contribution >= 0.6 is 0 Å². The fourth-order valence-corrected chi connectivity index (χ4v) is 1.63. The molecule has 20 heavy (non-hydrogen) atoms. The molecule has 0 aliphatic heterocycles. The molecule has 0 amide bonds. The van der Waals surface area contributed by atoms with Gasteiger partial charge in [-0.2, -0.15) is 0 Å². The van der Waals surface area contributed by atoms with Crippen molar-refractivity contribution in [1.29, 1.82) is 0 Å². The van der Waals surface area contributed by atoms with Crippen molar-refractivity contribution in [3.05, 3.63) is 59.5 Å². The molecule has 2 heterocycles. The summed E-state index contributed by atoms with van der Waals surface area (Å²) in [5.41, 5.74) is 0. The molecule has 0 spiro atoms. The Bertz CT molecular complexity index is 574. The summed E-state index contributed by atoms with van der Waals surface area (Å²) >= 11 is 0. The van der Waals surface area contributed by atoms with E-state index in [9.17, 15) is 4.79 Å². The van der Waals surface area contributed by atoms with Crippen LogP contribution in [0.4, 0.5) is 0 Å². The van der Waals surface area contributed by atoms with Crippen molar-refractivity contribution in [2.75, 3.05) is 0 Å². The molecule has 4 nitrogen and oxygen atoms in total. The second-order valence-electron chi connectivity index (χ2n) is 4.19. The highest BCUT2D eigenvalue weighted by Crippen LogP contribution is 2.11. The molecule has 0 aliphatic carbocycles. The predicted octanol–water partition coefficient (Wildman–Crippen LogP) is 3.22. The zero-order valence-electron chi connectivity index (χ0n) is 11.2. The third kappa shape index (κ3) is 3.83. The second-order valence-corrected chi connectivity index (χ2v) is 4.19. The van der Waals surface area contributed by atoms with Gasteiger partial charge in [-0.15, -0.1) is 0 Å². The molecule has 0 bridgehead atoms. The van der Waals surface area contributed by atoms with E-state index in [1.54, 1.807) is 24.3 Å². The second kappa shape index (κ2) is 6.73. The predicted molar refractivity (Wildman–Crippen MR) is 75.8 cm³/mol. The molecule has 0 unspecified atom stereocenters. The van der Waals surface area contributed by atoms with Gasteiger partial charge in [0.05, 0.1) is 0 Å². The monoisotopic (exact) mass is 272 g/mol. The molecule has 0 aromatic carbocycles. The average molecular weight is 272 g/mol. The molecule has 0 fully saturated rings. The summed E-state index contributed by atoms with van der Waals surface area (Å²) in [6.07, 6.45) is 6.86. The van der Waals surface area contributed by atoms with Crippen LogP contribution < -0.4 is 0 Å². The molecule has 0 radical (unpaired) electrons.